The second-order valence-corrected chi connectivity index (χ2v) is 9.90. The Morgan fingerprint density at radius 2 is 1.82 bits per heavy atom. The molecule has 0 bridgehead atoms. The van der Waals surface area contributed by atoms with Gasteiger partial charge in [0.25, 0.3) is 0 Å². The maximum absolute atomic E-state index is 12.9. The molecule has 1 aliphatic rings. The molecule has 0 unspecified atom stereocenters. The van der Waals surface area contributed by atoms with Gasteiger partial charge in [-0.1, -0.05) is 41.9 Å². The SMILES string of the molecule is C=CCOc1ccc(/C=C/C(=O)N2CCN(S(=O)(=O)c3cc(Cl)ccc3Cl)CC2)cc1OC. The van der Waals surface area contributed by atoms with E-state index in [4.69, 9.17) is 32.7 Å². The molecule has 1 saturated heterocycles. The number of amides is 1. The molecule has 1 amide bonds. The highest BCUT2D eigenvalue weighted by atomic mass is 35.5. The average molecular weight is 511 g/mol. The molecule has 2 aromatic rings. The molecule has 3 rings (SSSR count). The van der Waals surface area contributed by atoms with Crippen molar-refractivity contribution in [2.24, 2.45) is 0 Å². The Balaban J connectivity index is 1.63. The highest BCUT2D eigenvalue weighted by Crippen LogP contribution is 2.29. The Morgan fingerprint density at radius 3 is 2.48 bits per heavy atom. The Morgan fingerprint density at radius 1 is 1.09 bits per heavy atom. The first kappa shape index (κ1) is 25.1. The molecule has 0 atom stereocenters. The number of sulfonamides is 1. The van der Waals surface area contributed by atoms with Gasteiger partial charge in [-0.3, -0.25) is 4.79 Å². The van der Waals surface area contributed by atoms with Gasteiger partial charge in [-0.2, -0.15) is 4.31 Å². The quantitative estimate of drug-likeness (QED) is 0.394. The molecular weight excluding hydrogens is 487 g/mol. The lowest BCUT2D eigenvalue weighted by Gasteiger charge is -2.33. The molecule has 1 fully saturated rings. The second-order valence-electron chi connectivity index (χ2n) is 7.15. The molecule has 1 aliphatic heterocycles. The van der Waals surface area contributed by atoms with Crippen molar-refractivity contribution in [2.45, 2.75) is 4.90 Å². The molecule has 0 aliphatic carbocycles. The van der Waals surface area contributed by atoms with Crippen LogP contribution in [0.4, 0.5) is 0 Å². The molecule has 2 aromatic carbocycles. The van der Waals surface area contributed by atoms with Gasteiger partial charge in [-0.05, 0) is 42.0 Å². The third kappa shape index (κ3) is 6.09. The lowest BCUT2D eigenvalue weighted by atomic mass is 10.2. The fourth-order valence-electron chi connectivity index (χ4n) is 3.29. The molecule has 10 heteroatoms. The third-order valence-corrected chi connectivity index (χ3v) is 7.64. The van der Waals surface area contributed by atoms with Crippen LogP contribution in [-0.2, 0) is 14.8 Å². The van der Waals surface area contributed by atoms with E-state index in [1.54, 1.807) is 36.3 Å². The number of nitrogens with zero attached hydrogens (tertiary/aromatic N) is 2. The van der Waals surface area contributed by atoms with Crippen LogP contribution in [0.25, 0.3) is 6.08 Å². The van der Waals surface area contributed by atoms with Crippen LogP contribution in [-0.4, -0.2) is 63.4 Å². The van der Waals surface area contributed by atoms with E-state index < -0.39 is 10.0 Å². The highest BCUT2D eigenvalue weighted by Gasteiger charge is 2.31. The number of piperazine rings is 1. The van der Waals surface area contributed by atoms with Crippen molar-refractivity contribution >= 4 is 45.2 Å². The minimum atomic E-state index is -3.81. The maximum Gasteiger partial charge on any atom is 0.246 e. The van der Waals surface area contributed by atoms with Gasteiger partial charge < -0.3 is 14.4 Å². The van der Waals surface area contributed by atoms with Gasteiger partial charge in [0.2, 0.25) is 15.9 Å². The molecule has 176 valence electrons. The fourth-order valence-corrected chi connectivity index (χ4v) is 5.45. The van der Waals surface area contributed by atoms with Crippen molar-refractivity contribution in [1.29, 1.82) is 0 Å². The summed E-state index contributed by atoms with van der Waals surface area (Å²) in [6.45, 7) is 4.82. The number of methoxy groups -OCH3 is 1. The molecule has 0 saturated carbocycles. The van der Waals surface area contributed by atoms with E-state index in [0.29, 0.717) is 18.1 Å². The summed E-state index contributed by atoms with van der Waals surface area (Å²) < 4.78 is 38.0. The Hall–Kier alpha value is -2.52. The first-order chi connectivity index (χ1) is 15.8. The summed E-state index contributed by atoms with van der Waals surface area (Å²) in [5, 5.41) is 0.394. The first-order valence-corrected chi connectivity index (χ1v) is 12.3. The summed E-state index contributed by atoms with van der Waals surface area (Å²) >= 11 is 12.0. The number of rotatable bonds is 8. The Kier molecular flexibility index (Phi) is 8.42. The normalized spacial score (nSPS) is 14.9. The number of hydrogen-bond acceptors (Lipinski definition) is 5. The van der Waals surface area contributed by atoms with Crippen molar-refractivity contribution < 1.29 is 22.7 Å². The highest BCUT2D eigenvalue weighted by molar-refractivity contribution is 7.89. The van der Waals surface area contributed by atoms with Crippen LogP contribution < -0.4 is 9.47 Å². The number of carbonyl (C=O) groups excluding carboxylic acids is 1. The van der Waals surface area contributed by atoms with Crippen LogP contribution in [0.15, 0.2) is 60.0 Å². The van der Waals surface area contributed by atoms with Gasteiger partial charge in [-0.15, -0.1) is 0 Å². The zero-order valence-corrected chi connectivity index (χ0v) is 20.4. The van der Waals surface area contributed by atoms with E-state index >= 15 is 0 Å². The summed E-state index contributed by atoms with van der Waals surface area (Å²) in [4.78, 5) is 14.2. The monoisotopic (exact) mass is 510 g/mol. The average Bonchev–Trinajstić information content (AvgIpc) is 2.82. The van der Waals surface area contributed by atoms with Crippen molar-refractivity contribution in [1.82, 2.24) is 9.21 Å². The van der Waals surface area contributed by atoms with Gasteiger partial charge in [0.15, 0.2) is 11.5 Å². The number of carbonyl (C=O) groups is 1. The number of ether oxygens (including phenoxy) is 2. The molecular formula is C23H24Cl2N2O5S. The van der Waals surface area contributed by atoms with Crippen LogP contribution in [0.3, 0.4) is 0 Å². The molecule has 0 spiro atoms. The summed E-state index contributed by atoms with van der Waals surface area (Å²) in [6.07, 6.45) is 4.77. The zero-order valence-electron chi connectivity index (χ0n) is 18.0. The van der Waals surface area contributed by atoms with E-state index in [9.17, 15) is 13.2 Å². The molecule has 33 heavy (non-hydrogen) atoms. The fraction of sp³-hybridized carbons (Fsp3) is 0.261. The summed E-state index contributed by atoms with van der Waals surface area (Å²) in [5.74, 6) is 0.918. The lowest BCUT2D eigenvalue weighted by Crippen LogP contribution is -2.50. The van der Waals surface area contributed by atoms with Crippen LogP contribution in [0.2, 0.25) is 10.0 Å². The molecule has 1 heterocycles. The van der Waals surface area contributed by atoms with Crippen LogP contribution in [0, 0.1) is 0 Å². The van der Waals surface area contributed by atoms with E-state index in [1.165, 1.54) is 28.6 Å². The minimum absolute atomic E-state index is 0.0363. The van der Waals surface area contributed by atoms with E-state index in [-0.39, 0.29) is 47.0 Å². The Bertz CT molecular complexity index is 1160. The summed E-state index contributed by atoms with van der Waals surface area (Å²) in [7, 11) is -2.27. The van der Waals surface area contributed by atoms with Gasteiger partial charge in [0.05, 0.1) is 12.1 Å². The maximum atomic E-state index is 12.9. The van der Waals surface area contributed by atoms with Crippen molar-refractivity contribution in [3.05, 3.63) is 70.7 Å². The first-order valence-electron chi connectivity index (χ1n) is 10.1. The number of benzene rings is 2. The third-order valence-electron chi connectivity index (χ3n) is 5.02. The molecule has 0 radical (unpaired) electrons. The topological polar surface area (TPSA) is 76.2 Å². The van der Waals surface area contributed by atoms with E-state index in [2.05, 4.69) is 6.58 Å². The predicted molar refractivity (Wildman–Crippen MR) is 130 cm³/mol. The summed E-state index contributed by atoms with van der Waals surface area (Å²) in [6, 6.07) is 9.65. The van der Waals surface area contributed by atoms with Crippen molar-refractivity contribution in [2.75, 3.05) is 39.9 Å². The van der Waals surface area contributed by atoms with Gasteiger partial charge in [0, 0.05) is 37.3 Å². The lowest BCUT2D eigenvalue weighted by molar-refractivity contribution is -0.127. The zero-order chi connectivity index (χ0) is 24.0. The molecule has 7 nitrogen and oxygen atoms in total. The standard InChI is InChI=1S/C23H24Cl2N2O5S/c1-3-14-32-20-8-4-17(15-21(20)31-2)5-9-23(28)26-10-12-27(13-11-26)33(29,30)22-16-18(24)6-7-19(22)25/h3-9,15-16H,1,10-14H2,2H3/b9-5+. The van der Waals surface area contributed by atoms with Crippen LogP contribution in [0.1, 0.15) is 5.56 Å². The van der Waals surface area contributed by atoms with Gasteiger partial charge in [0.1, 0.15) is 11.5 Å². The Labute approximate surface area is 203 Å². The predicted octanol–water partition coefficient (Wildman–Crippen LogP) is 4.11. The number of hydrogen-bond donors (Lipinski definition) is 0. The van der Waals surface area contributed by atoms with Gasteiger partial charge in [-0.25, -0.2) is 8.42 Å². The van der Waals surface area contributed by atoms with Crippen LogP contribution >= 0.6 is 23.2 Å². The smallest absolute Gasteiger partial charge is 0.246 e. The molecule has 0 aromatic heterocycles. The van der Waals surface area contributed by atoms with Gasteiger partial charge >= 0.3 is 0 Å². The van der Waals surface area contributed by atoms with Crippen LogP contribution in [0.5, 0.6) is 11.5 Å². The van der Waals surface area contributed by atoms with Crippen molar-refractivity contribution in [3.8, 4) is 11.5 Å². The minimum Gasteiger partial charge on any atom is -0.493 e. The number of halogens is 2. The molecule has 0 N–H and O–H groups in total. The largest absolute Gasteiger partial charge is 0.493 e. The second kappa shape index (κ2) is 11.1. The summed E-state index contributed by atoms with van der Waals surface area (Å²) in [5.41, 5.74) is 0.767. The van der Waals surface area contributed by atoms with Crippen molar-refractivity contribution in [3.63, 3.8) is 0 Å². The van der Waals surface area contributed by atoms with E-state index in [0.717, 1.165) is 5.56 Å². The van der Waals surface area contributed by atoms with E-state index in [1.807, 2.05) is 6.07 Å².